The SMILES string of the molecule is CCCC(O)CNC(=O)Cc1ccc(Br)cc1. The molecule has 1 unspecified atom stereocenters. The molecule has 1 amide bonds. The lowest BCUT2D eigenvalue weighted by molar-refractivity contribution is -0.120. The number of rotatable bonds is 6. The quantitative estimate of drug-likeness (QED) is 0.846. The van der Waals surface area contributed by atoms with E-state index in [1.54, 1.807) is 0 Å². The van der Waals surface area contributed by atoms with Crippen LogP contribution in [-0.2, 0) is 11.2 Å². The van der Waals surface area contributed by atoms with E-state index in [1.807, 2.05) is 31.2 Å². The van der Waals surface area contributed by atoms with Gasteiger partial charge < -0.3 is 10.4 Å². The molecule has 94 valence electrons. The van der Waals surface area contributed by atoms with Crippen molar-refractivity contribution in [2.75, 3.05) is 6.54 Å². The molecule has 3 nitrogen and oxygen atoms in total. The van der Waals surface area contributed by atoms with Crippen LogP contribution in [0.2, 0.25) is 0 Å². The van der Waals surface area contributed by atoms with Gasteiger partial charge in [0.15, 0.2) is 0 Å². The molecule has 1 atom stereocenters. The van der Waals surface area contributed by atoms with Gasteiger partial charge in [-0.25, -0.2) is 0 Å². The number of benzene rings is 1. The van der Waals surface area contributed by atoms with Gasteiger partial charge in [0.25, 0.3) is 0 Å². The molecule has 2 N–H and O–H groups in total. The third-order valence-corrected chi connectivity index (χ3v) is 2.96. The molecule has 0 bridgehead atoms. The van der Waals surface area contributed by atoms with E-state index in [9.17, 15) is 9.90 Å². The zero-order valence-corrected chi connectivity index (χ0v) is 11.5. The average molecular weight is 300 g/mol. The van der Waals surface area contributed by atoms with Crippen molar-refractivity contribution in [2.45, 2.75) is 32.3 Å². The lowest BCUT2D eigenvalue weighted by Crippen LogP contribution is -2.33. The van der Waals surface area contributed by atoms with Crippen LogP contribution in [-0.4, -0.2) is 23.7 Å². The van der Waals surface area contributed by atoms with E-state index in [0.29, 0.717) is 13.0 Å². The molecule has 17 heavy (non-hydrogen) atoms. The van der Waals surface area contributed by atoms with Gasteiger partial charge in [-0.15, -0.1) is 0 Å². The fourth-order valence-electron chi connectivity index (χ4n) is 1.52. The van der Waals surface area contributed by atoms with Gasteiger partial charge >= 0.3 is 0 Å². The molecule has 0 aromatic heterocycles. The van der Waals surface area contributed by atoms with E-state index >= 15 is 0 Å². The summed E-state index contributed by atoms with van der Waals surface area (Å²) < 4.78 is 1.00. The van der Waals surface area contributed by atoms with Gasteiger partial charge in [0.05, 0.1) is 12.5 Å². The maximum Gasteiger partial charge on any atom is 0.224 e. The van der Waals surface area contributed by atoms with Crippen molar-refractivity contribution in [3.05, 3.63) is 34.3 Å². The predicted molar refractivity (Wildman–Crippen MR) is 71.8 cm³/mol. The average Bonchev–Trinajstić information content (AvgIpc) is 2.30. The summed E-state index contributed by atoms with van der Waals surface area (Å²) in [7, 11) is 0. The predicted octanol–water partition coefficient (Wildman–Crippen LogP) is 2.27. The lowest BCUT2D eigenvalue weighted by atomic mass is 10.1. The molecule has 4 heteroatoms. The van der Waals surface area contributed by atoms with Crippen molar-refractivity contribution in [3.8, 4) is 0 Å². The molecule has 1 rings (SSSR count). The molecule has 0 fully saturated rings. The molecule has 0 radical (unpaired) electrons. The Bertz CT molecular complexity index is 351. The third kappa shape index (κ3) is 5.84. The highest BCUT2D eigenvalue weighted by Crippen LogP contribution is 2.10. The molecule has 0 aliphatic carbocycles. The van der Waals surface area contributed by atoms with Crippen molar-refractivity contribution < 1.29 is 9.90 Å². The van der Waals surface area contributed by atoms with Crippen LogP contribution >= 0.6 is 15.9 Å². The summed E-state index contributed by atoms with van der Waals surface area (Å²) in [4.78, 5) is 11.6. The number of halogens is 1. The number of aliphatic hydroxyl groups is 1. The smallest absolute Gasteiger partial charge is 0.224 e. The minimum Gasteiger partial charge on any atom is -0.391 e. The number of carbonyl (C=O) groups excluding carboxylic acids is 1. The molecule has 0 aliphatic rings. The van der Waals surface area contributed by atoms with Crippen molar-refractivity contribution >= 4 is 21.8 Å². The number of amides is 1. The van der Waals surface area contributed by atoms with Crippen molar-refractivity contribution in [3.63, 3.8) is 0 Å². The summed E-state index contributed by atoms with van der Waals surface area (Å²) in [6, 6.07) is 7.64. The van der Waals surface area contributed by atoms with E-state index in [2.05, 4.69) is 21.2 Å². The Morgan fingerprint density at radius 1 is 1.41 bits per heavy atom. The molecule has 0 spiro atoms. The standard InChI is InChI=1S/C13H18BrNO2/c1-2-3-12(16)9-15-13(17)8-10-4-6-11(14)7-5-10/h4-7,12,16H,2-3,8-9H2,1H3,(H,15,17). The second kappa shape index (κ2) is 7.45. The van der Waals surface area contributed by atoms with E-state index in [1.165, 1.54) is 0 Å². The Labute approximate surface area is 110 Å². The van der Waals surface area contributed by atoms with Gasteiger partial charge in [0, 0.05) is 11.0 Å². The topological polar surface area (TPSA) is 49.3 Å². The molecular formula is C13H18BrNO2. The first-order valence-corrected chi connectivity index (χ1v) is 6.60. The maximum atomic E-state index is 11.6. The van der Waals surface area contributed by atoms with E-state index in [4.69, 9.17) is 0 Å². The molecule has 0 aliphatic heterocycles. The van der Waals surface area contributed by atoms with Gasteiger partial charge in [-0.3, -0.25) is 4.79 Å². The van der Waals surface area contributed by atoms with Crippen LogP contribution in [0.15, 0.2) is 28.7 Å². The monoisotopic (exact) mass is 299 g/mol. The largest absolute Gasteiger partial charge is 0.391 e. The minimum absolute atomic E-state index is 0.0533. The first kappa shape index (κ1) is 14.2. The number of carbonyl (C=O) groups is 1. The number of nitrogens with one attached hydrogen (secondary N) is 1. The van der Waals surface area contributed by atoms with Crippen molar-refractivity contribution in [2.24, 2.45) is 0 Å². The Kier molecular flexibility index (Phi) is 6.22. The van der Waals surface area contributed by atoms with E-state index in [0.717, 1.165) is 22.9 Å². The lowest BCUT2D eigenvalue weighted by Gasteiger charge is -2.10. The van der Waals surface area contributed by atoms with Crippen LogP contribution in [0, 0.1) is 0 Å². The fraction of sp³-hybridized carbons (Fsp3) is 0.462. The summed E-state index contributed by atoms with van der Waals surface area (Å²) in [6.45, 7) is 2.34. The number of aliphatic hydroxyl groups excluding tert-OH is 1. The zero-order valence-electron chi connectivity index (χ0n) is 9.95. The fourth-order valence-corrected chi connectivity index (χ4v) is 1.78. The van der Waals surface area contributed by atoms with E-state index < -0.39 is 6.10 Å². The third-order valence-electron chi connectivity index (χ3n) is 2.43. The van der Waals surface area contributed by atoms with Crippen molar-refractivity contribution in [1.82, 2.24) is 5.32 Å². The maximum absolute atomic E-state index is 11.6. The zero-order chi connectivity index (χ0) is 12.7. The Hall–Kier alpha value is -0.870. The molecule has 0 saturated heterocycles. The molecule has 0 saturated carbocycles. The number of hydrogen-bond acceptors (Lipinski definition) is 2. The van der Waals surface area contributed by atoms with Crippen molar-refractivity contribution in [1.29, 1.82) is 0 Å². The number of hydrogen-bond donors (Lipinski definition) is 2. The van der Waals surface area contributed by atoms with Gasteiger partial charge in [-0.1, -0.05) is 41.4 Å². The summed E-state index contributed by atoms with van der Waals surface area (Å²) in [6.07, 6.45) is 1.56. The van der Waals surface area contributed by atoms with Crippen LogP contribution in [0.4, 0.5) is 0 Å². The van der Waals surface area contributed by atoms with Gasteiger partial charge in [0.2, 0.25) is 5.91 Å². The molecule has 1 aromatic carbocycles. The van der Waals surface area contributed by atoms with Crippen LogP contribution in [0.25, 0.3) is 0 Å². The molecule has 0 heterocycles. The highest BCUT2D eigenvalue weighted by atomic mass is 79.9. The first-order chi connectivity index (χ1) is 8.11. The normalized spacial score (nSPS) is 12.2. The van der Waals surface area contributed by atoms with Gasteiger partial charge in [-0.2, -0.15) is 0 Å². The van der Waals surface area contributed by atoms with Crippen LogP contribution < -0.4 is 5.32 Å². The van der Waals surface area contributed by atoms with Crippen LogP contribution in [0.3, 0.4) is 0 Å². The second-order valence-corrected chi connectivity index (χ2v) is 4.97. The minimum atomic E-state index is -0.436. The van der Waals surface area contributed by atoms with Crippen LogP contribution in [0.1, 0.15) is 25.3 Å². The second-order valence-electron chi connectivity index (χ2n) is 4.05. The first-order valence-electron chi connectivity index (χ1n) is 5.81. The summed E-state index contributed by atoms with van der Waals surface area (Å²) >= 11 is 3.35. The Morgan fingerprint density at radius 3 is 2.65 bits per heavy atom. The molecule has 1 aromatic rings. The summed E-state index contributed by atoms with van der Waals surface area (Å²) in [5.74, 6) is -0.0533. The summed E-state index contributed by atoms with van der Waals surface area (Å²) in [5.41, 5.74) is 0.968. The highest BCUT2D eigenvalue weighted by Gasteiger charge is 2.06. The summed E-state index contributed by atoms with van der Waals surface area (Å²) in [5, 5.41) is 12.2. The highest BCUT2D eigenvalue weighted by molar-refractivity contribution is 9.10. The van der Waals surface area contributed by atoms with Gasteiger partial charge in [-0.05, 0) is 24.1 Å². The Balaban J connectivity index is 2.32. The Morgan fingerprint density at radius 2 is 2.06 bits per heavy atom. The molecular weight excluding hydrogens is 282 g/mol. The van der Waals surface area contributed by atoms with E-state index in [-0.39, 0.29) is 5.91 Å². The van der Waals surface area contributed by atoms with Crippen LogP contribution in [0.5, 0.6) is 0 Å². The van der Waals surface area contributed by atoms with Gasteiger partial charge in [0.1, 0.15) is 0 Å².